The highest BCUT2D eigenvalue weighted by atomic mass is 32.2. The van der Waals surface area contributed by atoms with E-state index in [1.54, 1.807) is 34.7 Å². The van der Waals surface area contributed by atoms with Gasteiger partial charge < -0.3 is 39.3 Å². The molecule has 2 aliphatic rings. The molecule has 27 nitrogen and oxygen atoms in total. The smallest absolute Gasteiger partial charge is 0.336 e. The Morgan fingerprint density at radius 1 is 0.812 bits per heavy atom. The summed E-state index contributed by atoms with van der Waals surface area (Å²) in [5.41, 5.74) is 5.31. The van der Waals surface area contributed by atoms with E-state index in [2.05, 4.69) is 92.5 Å². The maximum Gasteiger partial charge on any atom is 0.336 e. The molecule has 0 saturated heterocycles. The van der Waals surface area contributed by atoms with Gasteiger partial charge in [-0.2, -0.15) is 23.0 Å². The van der Waals surface area contributed by atoms with Crippen LogP contribution in [0, 0.1) is 0 Å². The van der Waals surface area contributed by atoms with E-state index in [0.717, 1.165) is 43.2 Å². The van der Waals surface area contributed by atoms with Gasteiger partial charge in [-0.25, -0.2) is 18.2 Å². The number of carbonyl (C=O) groups is 3. The lowest BCUT2D eigenvalue weighted by Crippen LogP contribution is -2.47. The van der Waals surface area contributed by atoms with E-state index in [1.807, 2.05) is 6.20 Å². The highest BCUT2D eigenvalue weighted by Gasteiger charge is 2.32. The van der Waals surface area contributed by atoms with Gasteiger partial charge in [-0.15, -0.1) is 10.2 Å². The van der Waals surface area contributed by atoms with Crippen LogP contribution >= 0.6 is 0 Å². The van der Waals surface area contributed by atoms with Crippen molar-refractivity contribution in [2.45, 2.75) is 103 Å². The van der Waals surface area contributed by atoms with Crippen LogP contribution in [0.2, 0.25) is 0 Å². The number of furan rings is 1. The predicted molar refractivity (Wildman–Crippen MR) is 315 cm³/mol. The van der Waals surface area contributed by atoms with Crippen molar-refractivity contribution in [3.05, 3.63) is 95.4 Å². The normalized spacial score (nSPS) is 11.8. The number of hydrogen-bond acceptors (Lipinski definition) is 19. The quantitative estimate of drug-likeness (QED) is 0.0198. The van der Waals surface area contributed by atoms with Crippen molar-refractivity contribution in [2.75, 3.05) is 56.9 Å². The molecule has 8 N–H and O–H groups in total. The maximum absolute atomic E-state index is 13.3. The number of aryl methyl sites for hydroxylation is 3. The van der Waals surface area contributed by atoms with Crippen molar-refractivity contribution < 1.29 is 59.7 Å². The number of aromatic carboxylic acids is 1. The van der Waals surface area contributed by atoms with Crippen molar-refractivity contribution in [1.29, 1.82) is 0 Å². The molecule has 9 rings (SSSR count). The number of nitrogen functional groups attached to an aromatic ring is 1. The molecule has 2 aromatic carbocycles. The van der Waals surface area contributed by atoms with Crippen LogP contribution in [0.3, 0.4) is 0 Å². The first-order valence-corrected chi connectivity index (χ1v) is 30.7. The molecular weight excluding hydrogens is 1140 g/mol. The number of carboxylic acids is 1. The summed E-state index contributed by atoms with van der Waals surface area (Å²) in [5, 5.41) is 39.2. The minimum atomic E-state index is -5.39. The number of carboxylic acid groups (broad SMARTS) is 1. The zero-order valence-corrected chi connectivity index (χ0v) is 50.0. The number of fused-ring (bicyclic) bond motifs is 5. The van der Waals surface area contributed by atoms with Crippen LogP contribution in [0.4, 0.5) is 11.6 Å². The number of carbonyl (C=O) groups excluding carboxylic acids is 2. The van der Waals surface area contributed by atoms with Crippen molar-refractivity contribution in [1.82, 2.24) is 59.5 Å². The van der Waals surface area contributed by atoms with E-state index in [4.69, 9.17) is 20.0 Å². The van der Waals surface area contributed by atoms with Crippen LogP contribution in [0.25, 0.3) is 61.7 Å². The van der Waals surface area contributed by atoms with Crippen molar-refractivity contribution >= 4 is 77.3 Å². The maximum atomic E-state index is 13.3. The fraction of sp³-hybridized carbons (Fsp3) is 0.393. The lowest BCUT2D eigenvalue weighted by atomic mass is 9.89. The zero-order valence-electron chi connectivity index (χ0n) is 48.4. The Labute approximate surface area is 490 Å². The van der Waals surface area contributed by atoms with Crippen LogP contribution in [-0.2, 0) is 45.0 Å². The van der Waals surface area contributed by atoms with Gasteiger partial charge >= 0.3 is 16.1 Å². The van der Waals surface area contributed by atoms with Crippen molar-refractivity contribution in [3.63, 3.8) is 0 Å². The van der Waals surface area contributed by atoms with Crippen LogP contribution in [0.5, 0.6) is 0 Å². The SMILES string of the molecule is CCN(CC)CC.CCN(CC)CC.Cn1cc2c(nc(NC(=O)CCCc3cn(CCCCCCNC(=O)c4ccc(-c5c6ccc(=[NH2+])c(S(=O)(=O)O)c-6oc6c(S(=O)(=O)[O-])c(N)ccc56)c(C(=O)O)c4)nn3)n3nc(-c4ccco4)nc23)n1. The molecular formula is C56H71N15O12S2. The van der Waals surface area contributed by atoms with E-state index in [0.29, 0.717) is 54.1 Å². The third kappa shape index (κ3) is 15.5. The number of nitrogens with zero attached hydrogens (tertiary/aromatic N) is 11. The molecule has 2 amide bonds. The molecule has 0 atom stereocenters. The predicted octanol–water partition coefficient (Wildman–Crippen LogP) is 5.12. The Hall–Kier alpha value is -8.48. The van der Waals surface area contributed by atoms with Gasteiger partial charge in [0, 0.05) is 67.1 Å². The van der Waals surface area contributed by atoms with Gasteiger partial charge in [0.15, 0.2) is 28.4 Å². The van der Waals surface area contributed by atoms with E-state index >= 15 is 0 Å². The highest BCUT2D eigenvalue weighted by Crippen LogP contribution is 2.45. The fourth-order valence-electron chi connectivity index (χ4n) is 9.56. The standard InChI is InChI=1S/C44H41N13O12S2.2C6H15N/c1-55-22-29-39(52-55)50-44(57-41(29)49-40(53-57)32-9-7-19-68-32)48-33(58)10-6-8-24-21-56(54-51-24)18-5-3-2-4-17-47-42(59)23-11-12-25(28(20-23)43(60)61)34-26-13-15-30(45)37(70(62,63)64)35(26)69-36-27(34)14-16-31(46)38(36)71(65,66)67;2*1-4-7(5-2)6-3/h7,9,11-16,19-22,45H,2-6,8,10,17-18,46H2,1H3,(H,47,59)(H,60,61)(H,62,63,64)(H,65,66,67)(H,48,50,52,58);2*4-6H2,1-3H3. The molecule has 0 bridgehead atoms. The molecule has 6 heterocycles. The average Bonchev–Trinajstić information content (AvgIpc) is 1.50. The van der Waals surface area contributed by atoms with Gasteiger partial charge in [0.05, 0.1) is 28.6 Å². The molecule has 454 valence electrons. The van der Waals surface area contributed by atoms with Gasteiger partial charge in [0.2, 0.25) is 27.9 Å². The highest BCUT2D eigenvalue weighted by molar-refractivity contribution is 7.86. The molecule has 0 fully saturated rings. The molecule has 0 radical (unpaired) electrons. The Kier molecular flexibility index (Phi) is 21.4. The summed E-state index contributed by atoms with van der Waals surface area (Å²) < 4.78 is 88.3. The molecule has 7 aromatic rings. The summed E-state index contributed by atoms with van der Waals surface area (Å²) in [6.07, 6.45) is 9.18. The Bertz CT molecular complexity index is 4050. The van der Waals surface area contributed by atoms with Gasteiger partial charge in [0.1, 0.15) is 15.0 Å². The number of rotatable bonds is 24. The summed E-state index contributed by atoms with van der Waals surface area (Å²) in [4.78, 5) is 50.9. The minimum absolute atomic E-state index is 0.0363. The first kappa shape index (κ1) is 64.1. The number of nitrogens with two attached hydrogens (primary N) is 2. The van der Waals surface area contributed by atoms with E-state index in [-0.39, 0.29) is 52.5 Å². The second-order valence-electron chi connectivity index (χ2n) is 19.6. The number of anilines is 2. The zero-order chi connectivity index (χ0) is 61.8. The number of unbranched alkanes of at least 4 members (excludes halogenated alkanes) is 3. The van der Waals surface area contributed by atoms with Crippen LogP contribution in [0.15, 0.2) is 91.9 Å². The summed E-state index contributed by atoms with van der Waals surface area (Å²) in [6, 6.07) is 11.9. The van der Waals surface area contributed by atoms with Crippen molar-refractivity contribution in [3.8, 4) is 34.0 Å². The summed E-state index contributed by atoms with van der Waals surface area (Å²) in [5.74, 6) is -2.10. The van der Waals surface area contributed by atoms with E-state index in [9.17, 15) is 45.4 Å². The molecule has 0 saturated carbocycles. The molecule has 5 aromatic heterocycles. The first-order chi connectivity index (χ1) is 40.5. The number of amides is 2. The lowest BCUT2D eigenvalue weighted by Gasteiger charge is -2.21. The molecule has 0 spiro atoms. The number of nitrogens with one attached hydrogen (secondary N) is 2. The van der Waals surface area contributed by atoms with Gasteiger partial charge in [-0.05, 0) is 113 Å². The number of aromatic nitrogens is 9. The van der Waals surface area contributed by atoms with E-state index < -0.39 is 69.9 Å². The van der Waals surface area contributed by atoms with Crippen LogP contribution in [-0.4, -0.2) is 149 Å². The average molecular weight is 1210 g/mol. The summed E-state index contributed by atoms with van der Waals surface area (Å²) in [7, 11) is -8.78. The summed E-state index contributed by atoms with van der Waals surface area (Å²) >= 11 is 0. The summed E-state index contributed by atoms with van der Waals surface area (Å²) in [6.45, 7) is 21.1. The first-order valence-electron chi connectivity index (χ1n) is 27.8. The second kappa shape index (κ2) is 28.4. The topological polar surface area (TPSA) is 383 Å². The molecule has 85 heavy (non-hydrogen) atoms. The third-order valence-corrected chi connectivity index (χ3v) is 15.9. The second-order valence-corrected chi connectivity index (χ2v) is 22.3. The molecule has 1 aliphatic carbocycles. The monoisotopic (exact) mass is 1210 g/mol. The van der Waals surface area contributed by atoms with Crippen LogP contribution in [0.1, 0.15) is 106 Å². The molecule has 1 aliphatic heterocycles. The van der Waals surface area contributed by atoms with Crippen LogP contribution < -0.4 is 27.1 Å². The number of hydrogen-bond donors (Lipinski definition) is 6. The fourth-order valence-corrected chi connectivity index (χ4v) is 11.0. The van der Waals surface area contributed by atoms with Gasteiger partial charge in [-0.3, -0.25) is 34.2 Å². The van der Waals surface area contributed by atoms with E-state index in [1.165, 1.54) is 74.3 Å². The van der Waals surface area contributed by atoms with Gasteiger partial charge in [-0.1, -0.05) is 65.7 Å². The Morgan fingerprint density at radius 2 is 1.49 bits per heavy atom. The Morgan fingerprint density at radius 3 is 2.12 bits per heavy atom. The largest absolute Gasteiger partial charge is 0.744 e. The number of benzene rings is 3. The molecule has 29 heteroatoms. The molecule has 0 unspecified atom stereocenters. The Balaban J connectivity index is 0.000000659. The lowest BCUT2D eigenvalue weighted by molar-refractivity contribution is -0.176. The minimum Gasteiger partial charge on any atom is -0.744 e. The third-order valence-electron chi connectivity index (χ3n) is 14.1. The van der Waals surface area contributed by atoms with Crippen molar-refractivity contribution in [2.24, 2.45) is 7.05 Å². The van der Waals surface area contributed by atoms with Gasteiger partial charge in [0.25, 0.3) is 5.91 Å².